The van der Waals surface area contributed by atoms with Gasteiger partial charge < -0.3 is 5.32 Å². The average Bonchev–Trinajstić information content (AvgIpc) is 2.33. The fraction of sp³-hybridized carbons (Fsp3) is 0. The van der Waals surface area contributed by atoms with Crippen molar-refractivity contribution in [3.63, 3.8) is 0 Å². The van der Waals surface area contributed by atoms with Crippen molar-refractivity contribution < 1.29 is 4.79 Å². The van der Waals surface area contributed by atoms with Crippen molar-refractivity contribution in [2.45, 2.75) is 0 Å². The van der Waals surface area contributed by atoms with Crippen LogP contribution in [0.3, 0.4) is 0 Å². The number of carbonyl (C=O) groups excluding carboxylic acids is 1. The molecule has 0 bridgehead atoms. The van der Waals surface area contributed by atoms with E-state index in [4.69, 9.17) is 0 Å². The number of pyridine rings is 1. The lowest BCUT2D eigenvalue weighted by Crippen LogP contribution is -2.14. The van der Waals surface area contributed by atoms with E-state index in [9.17, 15) is 4.79 Å². The molecule has 92 valence electrons. The van der Waals surface area contributed by atoms with E-state index >= 15 is 0 Å². The van der Waals surface area contributed by atoms with Crippen molar-refractivity contribution in [3.05, 3.63) is 55.6 Å². The predicted octanol–water partition coefficient (Wildman–Crippen LogP) is 4.62. The first-order valence-electron chi connectivity index (χ1n) is 4.95. The quantitative estimate of drug-likeness (QED) is 0.749. The highest BCUT2D eigenvalue weighted by Crippen LogP contribution is 2.27. The molecule has 1 aromatic carbocycles. The van der Waals surface area contributed by atoms with Crippen molar-refractivity contribution in [2.24, 2.45) is 0 Å². The molecule has 0 saturated heterocycles. The molecule has 0 aliphatic carbocycles. The van der Waals surface area contributed by atoms with Gasteiger partial charge in [-0.2, -0.15) is 0 Å². The fourth-order valence-corrected chi connectivity index (χ4v) is 2.91. The van der Waals surface area contributed by atoms with Crippen LogP contribution in [0.25, 0.3) is 0 Å². The zero-order chi connectivity index (χ0) is 13.1. The minimum atomic E-state index is -0.259. The highest BCUT2D eigenvalue weighted by molar-refractivity contribution is 9.11. The Morgan fingerprint density at radius 1 is 1.11 bits per heavy atom. The number of hydrogen-bond donors (Lipinski definition) is 1. The van der Waals surface area contributed by atoms with E-state index in [1.54, 1.807) is 18.3 Å². The Labute approximate surface area is 129 Å². The number of hydrogen-bond acceptors (Lipinski definition) is 2. The molecule has 6 heteroatoms. The Kier molecular flexibility index (Phi) is 4.53. The third-order valence-electron chi connectivity index (χ3n) is 2.15. The number of anilines is 1. The Balaban J connectivity index is 2.24. The molecule has 0 spiro atoms. The van der Waals surface area contributed by atoms with Crippen LogP contribution in [0, 0.1) is 0 Å². The summed E-state index contributed by atoms with van der Waals surface area (Å²) in [6.07, 6.45) is 1.58. The molecule has 0 saturated carbocycles. The van der Waals surface area contributed by atoms with E-state index in [0.717, 1.165) is 8.95 Å². The molecule has 3 nitrogen and oxygen atoms in total. The molecule has 1 aromatic heterocycles. The Morgan fingerprint density at radius 2 is 1.89 bits per heavy atom. The molecule has 0 fully saturated rings. The number of amides is 1. The molecule has 0 atom stereocenters. The van der Waals surface area contributed by atoms with Gasteiger partial charge in [0.1, 0.15) is 5.69 Å². The Hall–Kier alpha value is -0.720. The van der Waals surface area contributed by atoms with Gasteiger partial charge in [0.2, 0.25) is 0 Å². The van der Waals surface area contributed by atoms with Crippen LogP contribution in [-0.2, 0) is 0 Å². The summed E-state index contributed by atoms with van der Waals surface area (Å²) in [7, 11) is 0. The van der Waals surface area contributed by atoms with E-state index in [1.807, 2.05) is 18.2 Å². The second-order valence-corrected chi connectivity index (χ2v) is 6.04. The lowest BCUT2D eigenvalue weighted by molar-refractivity contribution is 0.102. The minimum absolute atomic E-state index is 0.259. The van der Waals surface area contributed by atoms with Crippen molar-refractivity contribution in [1.82, 2.24) is 4.98 Å². The molecular weight excluding hydrogens is 428 g/mol. The summed E-state index contributed by atoms with van der Waals surface area (Å²) in [5.74, 6) is -0.259. The molecule has 1 N–H and O–H groups in total. The second-order valence-electron chi connectivity index (χ2n) is 3.41. The molecule has 2 rings (SSSR count). The molecule has 1 amide bonds. The van der Waals surface area contributed by atoms with Gasteiger partial charge in [-0.3, -0.25) is 4.79 Å². The Morgan fingerprint density at radius 3 is 2.56 bits per heavy atom. The van der Waals surface area contributed by atoms with Gasteiger partial charge in [-0.15, -0.1) is 0 Å². The zero-order valence-electron chi connectivity index (χ0n) is 8.95. The number of carbonyl (C=O) groups is 1. The van der Waals surface area contributed by atoms with E-state index < -0.39 is 0 Å². The van der Waals surface area contributed by atoms with E-state index in [0.29, 0.717) is 15.9 Å². The van der Waals surface area contributed by atoms with Crippen LogP contribution in [0.4, 0.5) is 5.69 Å². The molecule has 0 aliphatic rings. The van der Waals surface area contributed by atoms with Gasteiger partial charge in [0.05, 0.1) is 5.69 Å². The van der Waals surface area contributed by atoms with Crippen molar-refractivity contribution >= 4 is 59.4 Å². The molecule has 18 heavy (non-hydrogen) atoms. The lowest BCUT2D eigenvalue weighted by atomic mass is 10.3. The Bertz CT molecular complexity index is 602. The van der Waals surface area contributed by atoms with Gasteiger partial charge in [-0.1, -0.05) is 15.9 Å². The normalized spacial score (nSPS) is 10.2. The van der Waals surface area contributed by atoms with Crippen molar-refractivity contribution in [3.8, 4) is 0 Å². The van der Waals surface area contributed by atoms with Crippen LogP contribution in [-0.4, -0.2) is 10.9 Å². The van der Waals surface area contributed by atoms with Gasteiger partial charge in [0.25, 0.3) is 5.91 Å². The van der Waals surface area contributed by atoms with Crippen LogP contribution < -0.4 is 5.32 Å². The van der Waals surface area contributed by atoms with Crippen LogP contribution in [0.5, 0.6) is 0 Å². The summed E-state index contributed by atoms with van der Waals surface area (Å²) in [6.45, 7) is 0. The third-order valence-corrected chi connectivity index (χ3v) is 3.94. The van der Waals surface area contributed by atoms with Gasteiger partial charge >= 0.3 is 0 Å². The maximum absolute atomic E-state index is 12.0. The third kappa shape index (κ3) is 3.18. The predicted molar refractivity (Wildman–Crippen MR) is 81.7 cm³/mol. The van der Waals surface area contributed by atoms with Gasteiger partial charge in [0, 0.05) is 19.6 Å². The van der Waals surface area contributed by atoms with Gasteiger partial charge in [-0.05, 0) is 62.2 Å². The summed E-state index contributed by atoms with van der Waals surface area (Å²) >= 11 is 10.0. The number of aromatic nitrogens is 1. The van der Waals surface area contributed by atoms with Crippen LogP contribution in [0.2, 0.25) is 0 Å². The van der Waals surface area contributed by atoms with E-state index in [2.05, 4.69) is 58.1 Å². The van der Waals surface area contributed by atoms with E-state index in [-0.39, 0.29) is 5.91 Å². The molecule has 0 unspecified atom stereocenters. The highest BCUT2D eigenvalue weighted by Gasteiger charge is 2.12. The SMILES string of the molecule is O=C(Nc1ccc(Br)cc1Br)c1ncccc1Br. The summed E-state index contributed by atoms with van der Waals surface area (Å²) in [4.78, 5) is 16.1. The summed E-state index contributed by atoms with van der Waals surface area (Å²) < 4.78 is 2.40. The van der Waals surface area contributed by atoms with E-state index in [1.165, 1.54) is 0 Å². The number of rotatable bonds is 2. The minimum Gasteiger partial charge on any atom is -0.320 e. The van der Waals surface area contributed by atoms with Crippen LogP contribution in [0.15, 0.2) is 49.9 Å². The smallest absolute Gasteiger partial charge is 0.275 e. The summed E-state index contributed by atoms with van der Waals surface area (Å²) in [5, 5.41) is 2.80. The molecule has 2 aromatic rings. The maximum atomic E-state index is 12.0. The maximum Gasteiger partial charge on any atom is 0.275 e. The highest BCUT2D eigenvalue weighted by atomic mass is 79.9. The topological polar surface area (TPSA) is 42.0 Å². The molecule has 0 radical (unpaired) electrons. The van der Waals surface area contributed by atoms with Crippen molar-refractivity contribution in [2.75, 3.05) is 5.32 Å². The number of nitrogens with one attached hydrogen (secondary N) is 1. The monoisotopic (exact) mass is 432 g/mol. The van der Waals surface area contributed by atoms with Crippen molar-refractivity contribution in [1.29, 1.82) is 0 Å². The average molecular weight is 435 g/mol. The van der Waals surface area contributed by atoms with Gasteiger partial charge in [0.15, 0.2) is 0 Å². The first-order valence-corrected chi connectivity index (χ1v) is 7.33. The first-order chi connectivity index (χ1) is 8.58. The largest absolute Gasteiger partial charge is 0.320 e. The van der Waals surface area contributed by atoms with Crippen LogP contribution in [0.1, 0.15) is 10.5 Å². The molecular formula is C12H7Br3N2O. The standard InChI is InChI=1S/C12H7Br3N2O/c13-7-3-4-10(9(15)6-7)17-12(18)11-8(14)2-1-5-16-11/h1-6H,(H,17,18). The number of halogens is 3. The zero-order valence-corrected chi connectivity index (χ0v) is 13.7. The second kappa shape index (κ2) is 5.95. The summed E-state index contributed by atoms with van der Waals surface area (Å²) in [5.41, 5.74) is 1.05. The van der Waals surface area contributed by atoms with Gasteiger partial charge in [-0.25, -0.2) is 4.98 Å². The number of benzene rings is 1. The molecule has 0 aliphatic heterocycles. The lowest BCUT2D eigenvalue weighted by Gasteiger charge is -2.08. The first kappa shape index (κ1) is 13.7. The number of nitrogens with zero attached hydrogens (tertiary/aromatic N) is 1. The summed E-state index contributed by atoms with van der Waals surface area (Å²) in [6, 6.07) is 9.06. The van der Waals surface area contributed by atoms with Crippen LogP contribution >= 0.6 is 47.8 Å². The molecule has 1 heterocycles. The fourth-order valence-electron chi connectivity index (χ4n) is 1.33.